The van der Waals surface area contributed by atoms with Crippen molar-refractivity contribution < 1.29 is 19.2 Å². The molecule has 1 unspecified atom stereocenters. The second-order valence-corrected chi connectivity index (χ2v) is 7.49. The van der Waals surface area contributed by atoms with E-state index in [2.05, 4.69) is 10.7 Å². The lowest BCUT2D eigenvalue weighted by molar-refractivity contribution is -0.384. The largest absolute Gasteiger partial charge is 0.481 e. The number of nitrogens with zero attached hydrogens (tertiary/aromatic N) is 2. The molecule has 0 saturated carbocycles. The molecule has 2 aromatic carbocycles. The van der Waals surface area contributed by atoms with E-state index in [0.717, 1.165) is 17.5 Å². The minimum absolute atomic E-state index is 0.0447. The Labute approximate surface area is 189 Å². The van der Waals surface area contributed by atoms with E-state index in [1.165, 1.54) is 12.1 Å². The summed E-state index contributed by atoms with van der Waals surface area (Å²) in [6, 6.07) is 13.9. The third-order valence-electron chi connectivity index (χ3n) is 4.70. The Kier molecular flexibility index (Phi) is 6.79. The number of carbonyl (C=O) groups is 2. The van der Waals surface area contributed by atoms with E-state index in [0.29, 0.717) is 11.3 Å². The normalized spacial score (nSPS) is 11.5. The average molecular weight is 457 g/mol. The Hall–Kier alpha value is -3.85. The van der Waals surface area contributed by atoms with Gasteiger partial charge in [0, 0.05) is 29.1 Å². The number of hydrogen-bond acceptors (Lipinski definition) is 5. The van der Waals surface area contributed by atoms with Crippen LogP contribution in [0, 0.1) is 24.0 Å². The van der Waals surface area contributed by atoms with E-state index in [1.807, 2.05) is 26.0 Å². The molecule has 0 radical (unpaired) electrons. The van der Waals surface area contributed by atoms with Crippen LogP contribution in [-0.4, -0.2) is 27.5 Å². The van der Waals surface area contributed by atoms with Gasteiger partial charge < -0.3 is 10.1 Å². The zero-order valence-corrected chi connectivity index (χ0v) is 18.3. The number of halogens is 1. The summed E-state index contributed by atoms with van der Waals surface area (Å²) in [6.45, 7) is 5.33. The Morgan fingerprint density at radius 1 is 1.06 bits per heavy atom. The fourth-order valence-corrected chi connectivity index (χ4v) is 3.13. The van der Waals surface area contributed by atoms with Gasteiger partial charge in [0.2, 0.25) is 0 Å². The van der Waals surface area contributed by atoms with Crippen LogP contribution in [0.2, 0.25) is 5.02 Å². The number of hydrogen-bond donors (Lipinski definition) is 2. The molecule has 0 aliphatic rings. The number of benzene rings is 2. The zero-order valence-electron chi connectivity index (χ0n) is 17.6. The van der Waals surface area contributed by atoms with Crippen LogP contribution in [0.15, 0.2) is 54.6 Å². The van der Waals surface area contributed by atoms with E-state index in [4.69, 9.17) is 16.3 Å². The van der Waals surface area contributed by atoms with Crippen molar-refractivity contribution in [3.8, 4) is 5.75 Å². The van der Waals surface area contributed by atoms with Crippen molar-refractivity contribution in [2.45, 2.75) is 26.9 Å². The summed E-state index contributed by atoms with van der Waals surface area (Å²) >= 11 is 6.00. The molecule has 3 aromatic rings. The van der Waals surface area contributed by atoms with E-state index < -0.39 is 16.9 Å². The van der Waals surface area contributed by atoms with E-state index in [-0.39, 0.29) is 22.3 Å². The molecule has 0 spiro atoms. The highest BCUT2D eigenvalue weighted by Crippen LogP contribution is 2.27. The molecule has 0 aliphatic heterocycles. The number of aromatic nitrogens is 1. The van der Waals surface area contributed by atoms with Crippen LogP contribution in [0.5, 0.6) is 5.75 Å². The first-order chi connectivity index (χ1) is 15.2. The fourth-order valence-electron chi connectivity index (χ4n) is 2.91. The van der Waals surface area contributed by atoms with E-state index in [1.54, 1.807) is 35.9 Å². The lowest BCUT2D eigenvalue weighted by Crippen LogP contribution is -2.30. The Morgan fingerprint density at radius 2 is 1.69 bits per heavy atom. The molecule has 1 heterocycles. The maximum Gasteiger partial charge on any atom is 0.271 e. The van der Waals surface area contributed by atoms with Crippen molar-refractivity contribution in [2.24, 2.45) is 0 Å². The molecule has 10 heteroatoms. The highest BCUT2D eigenvalue weighted by molar-refractivity contribution is 6.34. The zero-order chi connectivity index (χ0) is 23.4. The number of nitro benzene ring substituents is 1. The van der Waals surface area contributed by atoms with Crippen molar-refractivity contribution in [3.05, 3.63) is 86.7 Å². The van der Waals surface area contributed by atoms with Gasteiger partial charge in [-0.3, -0.25) is 29.8 Å². The van der Waals surface area contributed by atoms with Gasteiger partial charge in [0.05, 0.1) is 15.6 Å². The monoisotopic (exact) mass is 456 g/mol. The highest BCUT2D eigenvalue weighted by Gasteiger charge is 2.18. The van der Waals surface area contributed by atoms with Gasteiger partial charge >= 0.3 is 0 Å². The molecular formula is C22H21ClN4O5. The Bertz CT molecular complexity index is 1150. The summed E-state index contributed by atoms with van der Waals surface area (Å²) in [7, 11) is 0. The predicted octanol–water partition coefficient (Wildman–Crippen LogP) is 4.46. The molecule has 32 heavy (non-hydrogen) atoms. The second-order valence-electron chi connectivity index (χ2n) is 7.09. The first-order valence-electron chi connectivity index (χ1n) is 9.63. The van der Waals surface area contributed by atoms with Crippen LogP contribution < -0.4 is 15.5 Å². The minimum Gasteiger partial charge on any atom is -0.481 e. The summed E-state index contributed by atoms with van der Waals surface area (Å²) < 4.78 is 7.33. The number of nitro groups is 1. The van der Waals surface area contributed by atoms with Gasteiger partial charge in [-0.25, -0.2) is 0 Å². The van der Waals surface area contributed by atoms with Gasteiger partial charge in [-0.15, -0.1) is 0 Å². The van der Waals surface area contributed by atoms with Gasteiger partial charge in [0.25, 0.3) is 17.5 Å². The van der Waals surface area contributed by atoms with Gasteiger partial charge in [0.1, 0.15) is 5.75 Å². The smallest absolute Gasteiger partial charge is 0.271 e. The summed E-state index contributed by atoms with van der Waals surface area (Å²) in [5, 5.41) is 13.4. The third kappa shape index (κ3) is 5.25. The van der Waals surface area contributed by atoms with Crippen molar-refractivity contribution in [1.82, 2.24) is 4.68 Å². The number of rotatable bonds is 7. The number of amides is 2. The number of ether oxygens (including phenoxy) is 1. The summed E-state index contributed by atoms with van der Waals surface area (Å²) in [4.78, 5) is 35.1. The summed E-state index contributed by atoms with van der Waals surface area (Å²) in [5.41, 5.74) is 5.12. The van der Waals surface area contributed by atoms with Crippen LogP contribution >= 0.6 is 11.6 Å². The fraction of sp³-hybridized carbons (Fsp3) is 0.182. The average Bonchev–Trinajstić information content (AvgIpc) is 3.07. The molecule has 0 saturated heterocycles. The molecule has 1 aromatic heterocycles. The van der Waals surface area contributed by atoms with Gasteiger partial charge in [-0.2, -0.15) is 0 Å². The Balaban J connectivity index is 1.60. The maximum atomic E-state index is 12.5. The molecule has 0 aliphatic carbocycles. The van der Waals surface area contributed by atoms with Gasteiger partial charge in [-0.05, 0) is 63.2 Å². The molecule has 3 rings (SSSR count). The quantitative estimate of drug-likeness (QED) is 0.402. The molecule has 2 amide bonds. The highest BCUT2D eigenvalue weighted by atomic mass is 35.5. The van der Waals surface area contributed by atoms with Crippen molar-refractivity contribution in [3.63, 3.8) is 0 Å². The first-order valence-corrected chi connectivity index (χ1v) is 10.0. The lowest BCUT2D eigenvalue weighted by atomic mass is 10.2. The van der Waals surface area contributed by atoms with E-state index >= 15 is 0 Å². The van der Waals surface area contributed by atoms with Gasteiger partial charge in [0.15, 0.2) is 6.10 Å². The predicted molar refractivity (Wildman–Crippen MR) is 121 cm³/mol. The number of non-ortho nitro benzene ring substituents is 1. The van der Waals surface area contributed by atoms with Crippen LogP contribution in [0.1, 0.15) is 28.7 Å². The first kappa shape index (κ1) is 22.8. The molecule has 0 bridgehead atoms. The maximum absolute atomic E-state index is 12.5. The SMILES string of the molecule is Cc1ccc(C)n1NC(=O)c1ccc(OC(C)C(=O)Nc2ccc([N+](=O)[O-])cc2Cl)cc1. The summed E-state index contributed by atoms with van der Waals surface area (Å²) in [6.07, 6.45) is -0.883. The number of nitrogens with one attached hydrogen (secondary N) is 2. The second kappa shape index (κ2) is 9.52. The number of aryl methyl sites for hydroxylation is 2. The van der Waals surface area contributed by atoms with Crippen LogP contribution in [0.25, 0.3) is 0 Å². The molecule has 166 valence electrons. The summed E-state index contributed by atoms with van der Waals surface area (Å²) in [5.74, 6) is -0.369. The van der Waals surface area contributed by atoms with Gasteiger partial charge in [-0.1, -0.05) is 11.6 Å². The minimum atomic E-state index is -0.883. The molecular weight excluding hydrogens is 436 g/mol. The number of anilines is 1. The van der Waals surface area contributed by atoms with Crippen LogP contribution in [0.3, 0.4) is 0 Å². The topological polar surface area (TPSA) is 116 Å². The van der Waals surface area contributed by atoms with Crippen LogP contribution in [-0.2, 0) is 4.79 Å². The Morgan fingerprint density at radius 3 is 2.25 bits per heavy atom. The molecule has 2 N–H and O–H groups in total. The van der Waals surface area contributed by atoms with Crippen LogP contribution in [0.4, 0.5) is 11.4 Å². The molecule has 1 atom stereocenters. The van der Waals surface area contributed by atoms with E-state index in [9.17, 15) is 19.7 Å². The third-order valence-corrected chi connectivity index (χ3v) is 5.02. The number of carbonyl (C=O) groups excluding carboxylic acids is 2. The van der Waals surface area contributed by atoms with Crippen molar-refractivity contribution >= 4 is 34.8 Å². The van der Waals surface area contributed by atoms with Crippen molar-refractivity contribution in [1.29, 1.82) is 0 Å². The lowest BCUT2D eigenvalue weighted by Gasteiger charge is -2.16. The van der Waals surface area contributed by atoms with Crippen molar-refractivity contribution in [2.75, 3.05) is 10.7 Å². The standard InChI is InChI=1S/C22H21ClN4O5/c1-13-4-5-14(2)26(13)25-22(29)16-6-9-18(10-7-16)32-15(3)21(28)24-20-11-8-17(27(30)31)12-19(20)23/h4-12,15H,1-3H3,(H,24,28)(H,25,29). The molecule has 0 fully saturated rings. The molecule has 9 nitrogen and oxygen atoms in total.